The lowest BCUT2D eigenvalue weighted by Gasteiger charge is -2.07. The van der Waals surface area contributed by atoms with Crippen molar-refractivity contribution in [3.63, 3.8) is 0 Å². The predicted octanol–water partition coefficient (Wildman–Crippen LogP) is 3.76. The van der Waals surface area contributed by atoms with E-state index in [1.165, 1.54) is 24.2 Å². The van der Waals surface area contributed by atoms with Crippen LogP contribution in [0.25, 0.3) is 0 Å². The fraction of sp³-hybridized carbons (Fsp3) is 0.333. The molecule has 0 aromatic carbocycles. The molecule has 4 rings (SSSR count). The van der Waals surface area contributed by atoms with Crippen molar-refractivity contribution < 1.29 is 4.79 Å². The molecular weight excluding hydrogens is 348 g/mol. The topological polar surface area (TPSA) is 84.7 Å². The van der Waals surface area contributed by atoms with Gasteiger partial charge in [0.15, 0.2) is 5.69 Å². The van der Waals surface area contributed by atoms with E-state index in [0.717, 1.165) is 27.2 Å². The SMILES string of the molecule is Cc1cc(NC(=O)c2nc(C)sc2Nc2cc(C3CC3)nn2C)ccn1. The minimum atomic E-state index is -0.243. The summed E-state index contributed by atoms with van der Waals surface area (Å²) in [4.78, 5) is 21.3. The lowest BCUT2D eigenvalue weighted by molar-refractivity contribution is 0.102. The Labute approximate surface area is 155 Å². The molecule has 2 N–H and O–H groups in total. The van der Waals surface area contributed by atoms with Gasteiger partial charge in [0.1, 0.15) is 10.8 Å². The van der Waals surface area contributed by atoms with Crippen LogP contribution in [-0.4, -0.2) is 25.7 Å². The van der Waals surface area contributed by atoms with Gasteiger partial charge in [0, 0.05) is 36.6 Å². The Hall–Kier alpha value is -2.74. The summed E-state index contributed by atoms with van der Waals surface area (Å²) in [7, 11) is 1.90. The van der Waals surface area contributed by atoms with Gasteiger partial charge >= 0.3 is 0 Å². The summed E-state index contributed by atoms with van der Waals surface area (Å²) in [5, 5.41) is 12.3. The highest BCUT2D eigenvalue weighted by molar-refractivity contribution is 7.16. The molecule has 3 heterocycles. The largest absolute Gasteiger partial charge is 0.330 e. The van der Waals surface area contributed by atoms with Crippen LogP contribution in [0.3, 0.4) is 0 Å². The Kier molecular flexibility index (Phi) is 4.20. The molecule has 0 aliphatic heterocycles. The molecule has 134 valence electrons. The number of pyridine rings is 1. The number of hydrogen-bond acceptors (Lipinski definition) is 6. The van der Waals surface area contributed by atoms with E-state index >= 15 is 0 Å². The van der Waals surface area contributed by atoms with Crippen LogP contribution in [0.2, 0.25) is 0 Å². The molecule has 0 saturated heterocycles. The second kappa shape index (κ2) is 6.53. The number of anilines is 3. The van der Waals surface area contributed by atoms with Crippen LogP contribution >= 0.6 is 11.3 Å². The monoisotopic (exact) mass is 368 g/mol. The third kappa shape index (κ3) is 3.45. The van der Waals surface area contributed by atoms with E-state index in [9.17, 15) is 4.79 Å². The predicted molar refractivity (Wildman–Crippen MR) is 102 cm³/mol. The average Bonchev–Trinajstić information content (AvgIpc) is 3.28. The second-order valence-electron chi connectivity index (χ2n) is 6.53. The van der Waals surface area contributed by atoms with Crippen molar-refractivity contribution in [1.29, 1.82) is 0 Å². The van der Waals surface area contributed by atoms with Gasteiger partial charge in [-0.05, 0) is 38.8 Å². The molecule has 1 aliphatic rings. The van der Waals surface area contributed by atoms with Gasteiger partial charge in [-0.25, -0.2) is 4.98 Å². The zero-order valence-corrected chi connectivity index (χ0v) is 15.7. The summed E-state index contributed by atoms with van der Waals surface area (Å²) in [6.07, 6.45) is 4.08. The van der Waals surface area contributed by atoms with Gasteiger partial charge in [-0.2, -0.15) is 5.10 Å². The second-order valence-corrected chi connectivity index (χ2v) is 7.73. The van der Waals surface area contributed by atoms with Gasteiger partial charge in [0.2, 0.25) is 0 Å². The molecule has 3 aromatic heterocycles. The van der Waals surface area contributed by atoms with Gasteiger partial charge < -0.3 is 10.6 Å². The first-order valence-electron chi connectivity index (χ1n) is 8.52. The zero-order chi connectivity index (χ0) is 18.3. The molecule has 1 amide bonds. The van der Waals surface area contributed by atoms with E-state index < -0.39 is 0 Å². The Balaban J connectivity index is 1.57. The maximum atomic E-state index is 12.7. The van der Waals surface area contributed by atoms with Gasteiger partial charge in [-0.3, -0.25) is 14.5 Å². The summed E-state index contributed by atoms with van der Waals surface area (Å²) in [5.74, 6) is 1.20. The van der Waals surface area contributed by atoms with Gasteiger partial charge in [0.25, 0.3) is 5.91 Å². The summed E-state index contributed by atoms with van der Waals surface area (Å²) >= 11 is 1.46. The van der Waals surface area contributed by atoms with Crippen LogP contribution < -0.4 is 10.6 Å². The van der Waals surface area contributed by atoms with Crippen molar-refractivity contribution in [2.75, 3.05) is 10.6 Å². The number of hydrogen-bond donors (Lipinski definition) is 2. The average molecular weight is 368 g/mol. The third-order valence-corrected chi connectivity index (χ3v) is 5.13. The van der Waals surface area contributed by atoms with E-state index in [1.807, 2.05) is 31.6 Å². The summed E-state index contributed by atoms with van der Waals surface area (Å²) in [6.45, 7) is 3.78. The smallest absolute Gasteiger partial charge is 0.277 e. The molecule has 1 aliphatic carbocycles. The highest BCUT2D eigenvalue weighted by atomic mass is 32.1. The first kappa shape index (κ1) is 16.7. The number of carbonyl (C=O) groups excluding carboxylic acids is 1. The number of rotatable bonds is 5. The van der Waals surface area contributed by atoms with E-state index in [0.29, 0.717) is 17.3 Å². The van der Waals surface area contributed by atoms with Gasteiger partial charge in [-0.1, -0.05) is 0 Å². The Morgan fingerprint density at radius 1 is 1.31 bits per heavy atom. The summed E-state index contributed by atoms with van der Waals surface area (Å²) in [6, 6.07) is 5.65. The van der Waals surface area contributed by atoms with Crippen molar-refractivity contribution in [2.24, 2.45) is 7.05 Å². The van der Waals surface area contributed by atoms with Crippen molar-refractivity contribution in [3.05, 3.63) is 46.5 Å². The molecular formula is C18H20N6OS. The fourth-order valence-electron chi connectivity index (χ4n) is 2.78. The molecule has 0 spiro atoms. The number of carbonyl (C=O) groups is 1. The lowest BCUT2D eigenvalue weighted by atomic mass is 10.3. The maximum Gasteiger partial charge on any atom is 0.277 e. The normalized spacial score (nSPS) is 13.7. The molecule has 0 radical (unpaired) electrons. The molecule has 1 saturated carbocycles. The first-order chi connectivity index (χ1) is 12.5. The van der Waals surface area contributed by atoms with E-state index in [2.05, 4.69) is 31.8 Å². The molecule has 7 nitrogen and oxygen atoms in total. The third-order valence-electron chi connectivity index (χ3n) is 4.24. The highest BCUT2D eigenvalue weighted by Gasteiger charge is 2.27. The molecule has 0 bridgehead atoms. The molecule has 0 unspecified atom stereocenters. The van der Waals surface area contributed by atoms with Crippen LogP contribution in [0.1, 0.15) is 45.6 Å². The first-order valence-corrected chi connectivity index (χ1v) is 9.33. The summed E-state index contributed by atoms with van der Waals surface area (Å²) < 4.78 is 1.82. The van der Waals surface area contributed by atoms with Crippen LogP contribution in [0.15, 0.2) is 24.4 Å². The van der Waals surface area contributed by atoms with Crippen molar-refractivity contribution in [3.8, 4) is 0 Å². The number of aryl methyl sites for hydroxylation is 3. The molecule has 1 fully saturated rings. The lowest BCUT2D eigenvalue weighted by Crippen LogP contribution is -2.14. The standard InChI is InChI=1S/C18H20N6OS/c1-10-8-13(6-7-19-10)21-17(25)16-18(26-11(2)20-16)22-15-9-14(12-4-5-12)23-24(15)3/h6-9,12,22H,4-5H2,1-3H3,(H,19,21,25). The molecule has 0 atom stereocenters. The van der Waals surface area contributed by atoms with E-state index in [1.54, 1.807) is 12.3 Å². The number of amides is 1. The van der Waals surface area contributed by atoms with Crippen LogP contribution in [0.5, 0.6) is 0 Å². The minimum Gasteiger partial charge on any atom is -0.330 e. The number of nitrogens with zero attached hydrogens (tertiary/aromatic N) is 4. The maximum absolute atomic E-state index is 12.7. The van der Waals surface area contributed by atoms with Gasteiger partial charge in [-0.15, -0.1) is 11.3 Å². The number of thiazole rings is 1. The minimum absolute atomic E-state index is 0.243. The van der Waals surface area contributed by atoms with Gasteiger partial charge in [0.05, 0.1) is 10.7 Å². The fourth-order valence-corrected chi connectivity index (χ4v) is 3.60. The van der Waals surface area contributed by atoms with Crippen LogP contribution in [0, 0.1) is 13.8 Å². The number of aromatic nitrogens is 4. The van der Waals surface area contributed by atoms with Crippen LogP contribution in [0.4, 0.5) is 16.5 Å². The Morgan fingerprint density at radius 2 is 2.12 bits per heavy atom. The zero-order valence-electron chi connectivity index (χ0n) is 14.9. The number of nitrogens with one attached hydrogen (secondary N) is 2. The summed E-state index contributed by atoms with van der Waals surface area (Å²) in [5.41, 5.74) is 3.04. The Bertz CT molecular complexity index is 972. The van der Waals surface area contributed by atoms with Crippen molar-refractivity contribution in [1.82, 2.24) is 19.7 Å². The van der Waals surface area contributed by atoms with E-state index in [4.69, 9.17) is 0 Å². The molecule has 8 heteroatoms. The van der Waals surface area contributed by atoms with E-state index in [-0.39, 0.29) is 5.91 Å². The highest BCUT2D eigenvalue weighted by Crippen LogP contribution is 2.40. The molecule has 26 heavy (non-hydrogen) atoms. The van der Waals surface area contributed by atoms with Crippen LogP contribution in [-0.2, 0) is 7.05 Å². The Morgan fingerprint density at radius 3 is 2.85 bits per heavy atom. The van der Waals surface area contributed by atoms with Crippen molar-refractivity contribution in [2.45, 2.75) is 32.6 Å². The van der Waals surface area contributed by atoms with Crippen molar-refractivity contribution >= 4 is 33.8 Å². The molecule has 3 aromatic rings. The quantitative estimate of drug-likeness (QED) is 0.716.